The summed E-state index contributed by atoms with van der Waals surface area (Å²) in [6.45, 7) is 4.11. The van der Waals surface area contributed by atoms with Gasteiger partial charge in [-0.3, -0.25) is 0 Å². The van der Waals surface area contributed by atoms with E-state index in [9.17, 15) is 0 Å². The number of nitrogens with two attached hydrogens (primary N) is 1. The lowest BCUT2D eigenvalue weighted by Crippen LogP contribution is -2.44. The molecule has 0 spiro atoms. The zero-order valence-corrected chi connectivity index (χ0v) is 11.5. The SMILES string of the molecule is CC1CCC(CN)CN1c1nccc2sccc12. The molecule has 2 aromatic rings. The molecule has 3 heterocycles. The summed E-state index contributed by atoms with van der Waals surface area (Å²) in [7, 11) is 0. The van der Waals surface area contributed by atoms with Crippen LogP contribution in [0.15, 0.2) is 23.7 Å². The molecule has 0 aromatic carbocycles. The third kappa shape index (κ3) is 1.99. The number of nitrogens with zero attached hydrogens (tertiary/aromatic N) is 2. The second-order valence-electron chi connectivity index (χ2n) is 5.15. The van der Waals surface area contributed by atoms with E-state index >= 15 is 0 Å². The molecule has 3 nitrogen and oxygen atoms in total. The molecule has 96 valence electrons. The molecule has 2 N–H and O–H groups in total. The van der Waals surface area contributed by atoms with Gasteiger partial charge in [-0.05, 0) is 49.7 Å². The van der Waals surface area contributed by atoms with Crippen molar-refractivity contribution in [1.82, 2.24) is 4.98 Å². The first-order valence-corrected chi connectivity index (χ1v) is 7.46. The van der Waals surface area contributed by atoms with E-state index in [4.69, 9.17) is 5.73 Å². The summed E-state index contributed by atoms with van der Waals surface area (Å²) < 4.78 is 1.32. The number of piperidine rings is 1. The monoisotopic (exact) mass is 261 g/mol. The first kappa shape index (κ1) is 11.9. The lowest BCUT2D eigenvalue weighted by atomic mass is 9.93. The van der Waals surface area contributed by atoms with Crippen molar-refractivity contribution >= 4 is 27.2 Å². The number of rotatable bonds is 2. The highest BCUT2D eigenvalue weighted by Crippen LogP contribution is 2.33. The summed E-state index contributed by atoms with van der Waals surface area (Å²) >= 11 is 1.78. The van der Waals surface area contributed by atoms with Gasteiger partial charge in [0.05, 0.1) is 0 Å². The minimum Gasteiger partial charge on any atom is -0.353 e. The Morgan fingerprint density at radius 1 is 1.44 bits per heavy atom. The minimum atomic E-state index is 0.561. The normalized spacial score (nSPS) is 24.7. The van der Waals surface area contributed by atoms with Gasteiger partial charge in [0.2, 0.25) is 0 Å². The topological polar surface area (TPSA) is 42.1 Å². The fraction of sp³-hybridized carbons (Fsp3) is 0.500. The van der Waals surface area contributed by atoms with E-state index in [-0.39, 0.29) is 0 Å². The van der Waals surface area contributed by atoms with Crippen LogP contribution in [0.2, 0.25) is 0 Å². The molecule has 1 aliphatic heterocycles. The summed E-state index contributed by atoms with van der Waals surface area (Å²) in [4.78, 5) is 7.05. The van der Waals surface area contributed by atoms with E-state index in [0.717, 1.165) is 18.9 Å². The predicted octanol–water partition coefficient (Wildman–Crippen LogP) is 2.86. The summed E-state index contributed by atoms with van der Waals surface area (Å²) in [5, 5.41) is 3.43. The smallest absolute Gasteiger partial charge is 0.137 e. The molecule has 0 aliphatic carbocycles. The van der Waals surface area contributed by atoms with Crippen LogP contribution in [-0.2, 0) is 0 Å². The third-order valence-electron chi connectivity index (χ3n) is 3.94. The van der Waals surface area contributed by atoms with Crippen molar-refractivity contribution in [1.29, 1.82) is 0 Å². The van der Waals surface area contributed by atoms with E-state index in [2.05, 4.69) is 34.3 Å². The van der Waals surface area contributed by atoms with Crippen LogP contribution < -0.4 is 10.6 Å². The molecule has 0 radical (unpaired) electrons. The fourth-order valence-electron chi connectivity index (χ4n) is 2.78. The molecule has 4 heteroatoms. The van der Waals surface area contributed by atoms with Crippen molar-refractivity contribution in [3.63, 3.8) is 0 Å². The van der Waals surface area contributed by atoms with Crippen molar-refractivity contribution < 1.29 is 0 Å². The van der Waals surface area contributed by atoms with E-state index in [1.54, 1.807) is 11.3 Å². The maximum atomic E-state index is 5.84. The molecule has 1 fully saturated rings. The average molecular weight is 261 g/mol. The molecular weight excluding hydrogens is 242 g/mol. The number of aromatic nitrogens is 1. The second-order valence-corrected chi connectivity index (χ2v) is 6.10. The molecule has 2 unspecified atom stereocenters. The van der Waals surface area contributed by atoms with Gasteiger partial charge >= 0.3 is 0 Å². The quantitative estimate of drug-likeness (QED) is 0.904. The third-order valence-corrected chi connectivity index (χ3v) is 4.83. The molecule has 0 bridgehead atoms. The number of pyridine rings is 1. The number of hydrogen-bond acceptors (Lipinski definition) is 4. The molecular formula is C14H19N3S. The summed E-state index contributed by atoms with van der Waals surface area (Å²) in [5.74, 6) is 1.75. The van der Waals surface area contributed by atoms with Crippen LogP contribution in [0.5, 0.6) is 0 Å². The van der Waals surface area contributed by atoms with E-state index in [1.165, 1.54) is 22.9 Å². The van der Waals surface area contributed by atoms with Crippen LogP contribution in [0, 0.1) is 5.92 Å². The van der Waals surface area contributed by atoms with Gasteiger partial charge in [-0.15, -0.1) is 11.3 Å². The van der Waals surface area contributed by atoms with Crippen LogP contribution in [0.3, 0.4) is 0 Å². The molecule has 1 saturated heterocycles. The molecule has 18 heavy (non-hydrogen) atoms. The zero-order valence-electron chi connectivity index (χ0n) is 10.7. The molecule has 0 saturated carbocycles. The Kier molecular flexibility index (Phi) is 3.22. The Hall–Kier alpha value is -1.13. The van der Waals surface area contributed by atoms with Gasteiger partial charge in [0, 0.05) is 28.9 Å². The van der Waals surface area contributed by atoms with Gasteiger partial charge < -0.3 is 10.6 Å². The van der Waals surface area contributed by atoms with Crippen molar-refractivity contribution in [3.05, 3.63) is 23.7 Å². The lowest BCUT2D eigenvalue weighted by molar-refractivity contribution is 0.372. The average Bonchev–Trinajstić information content (AvgIpc) is 2.87. The first-order valence-electron chi connectivity index (χ1n) is 6.58. The standard InChI is InChI=1S/C14H19N3S/c1-10-2-3-11(8-15)9-17(10)14-12-5-7-18-13(12)4-6-16-14/h4-7,10-11H,2-3,8-9,15H2,1H3. The molecule has 3 rings (SSSR count). The number of hydrogen-bond donors (Lipinski definition) is 1. The lowest BCUT2D eigenvalue weighted by Gasteiger charge is -2.38. The minimum absolute atomic E-state index is 0.561. The van der Waals surface area contributed by atoms with Crippen LogP contribution in [0.4, 0.5) is 5.82 Å². The highest BCUT2D eigenvalue weighted by Gasteiger charge is 2.26. The Bertz CT molecular complexity index is 537. The summed E-state index contributed by atoms with van der Waals surface area (Å²) in [5.41, 5.74) is 5.84. The Morgan fingerprint density at radius 2 is 2.33 bits per heavy atom. The maximum Gasteiger partial charge on any atom is 0.137 e. The van der Waals surface area contributed by atoms with Gasteiger partial charge in [0.1, 0.15) is 5.82 Å². The zero-order chi connectivity index (χ0) is 12.5. The second kappa shape index (κ2) is 4.86. The molecule has 0 amide bonds. The Balaban J connectivity index is 1.99. The summed E-state index contributed by atoms with van der Waals surface area (Å²) in [6.07, 6.45) is 4.38. The van der Waals surface area contributed by atoms with Crippen molar-refractivity contribution in [2.45, 2.75) is 25.8 Å². The van der Waals surface area contributed by atoms with Gasteiger partial charge in [0.15, 0.2) is 0 Å². The van der Waals surface area contributed by atoms with E-state index in [1.807, 2.05) is 6.20 Å². The van der Waals surface area contributed by atoms with Crippen molar-refractivity contribution in [2.24, 2.45) is 11.7 Å². The number of anilines is 1. The Morgan fingerprint density at radius 3 is 3.17 bits per heavy atom. The number of fused-ring (bicyclic) bond motifs is 1. The van der Waals surface area contributed by atoms with Crippen molar-refractivity contribution in [3.8, 4) is 0 Å². The van der Waals surface area contributed by atoms with Crippen LogP contribution in [0.25, 0.3) is 10.1 Å². The van der Waals surface area contributed by atoms with Gasteiger partial charge in [0.25, 0.3) is 0 Å². The predicted molar refractivity (Wildman–Crippen MR) is 78.2 cm³/mol. The fourth-order valence-corrected chi connectivity index (χ4v) is 3.55. The first-order chi connectivity index (χ1) is 8.79. The largest absolute Gasteiger partial charge is 0.353 e. The van der Waals surface area contributed by atoms with Gasteiger partial charge in [-0.2, -0.15) is 0 Å². The van der Waals surface area contributed by atoms with Crippen molar-refractivity contribution in [2.75, 3.05) is 18.0 Å². The maximum absolute atomic E-state index is 5.84. The highest BCUT2D eigenvalue weighted by atomic mass is 32.1. The van der Waals surface area contributed by atoms with Gasteiger partial charge in [-0.25, -0.2) is 4.98 Å². The van der Waals surface area contributed by atoms with Gasteiger partial charge in [-0.1, -0.05) is 0 Å². The van der Waals surface area contributed by atoms with Crippen LogP contribution in [-0.4, -0.2) is 24.1 Å². The summed E-state index contributed by atoms with van der Waals surface area (Å²) in [6, 6.07) is 4.84. The Labute approximate surface area is 112 Å². The van der Waals surface area contributed by atoms with E-state index < -0.39 is 0 Å². The molecule has 1 aliphatic rings. The molecule has 2 aromatic heterocycles. The van der Waals surface area contributed by atoms with E-state index in [0.29, 0.717) is 12.0 Å². The number of thiophene rings is 1. The van der Waals surface area contributed by atoms with Crippen LogP contribution >= 0.6 is 11.3 Å². The highest BCUT2D eigenvalue weighted by molar-refractivity contribution is 7.17. The molecule has 2 atom stereocenters. The van der Waals surface area contributed by atoms with Crippen LogP contribution in [0.1, 0.15) is 19.8 Å².